The molecule has 4 heteroatoms. The average molecular weight is 445 g/mol. The molecule has 166 valence electrons. The van der Waals surface area contributed by atoms with Gasteiger partial charge in [-0.1, -0.05) is 84.6 Å². The highest BCUT2D eigenvalue weighted by Gasteiger charge is 2.28. The van der Waals surface area contributed by atoms with Gasteiger partial charge in [0.05, 0.1) is 6.54 Å². The summed E-state index contributed by atoms with van der Waals surface area (Å²) in [6.45, 7) is 0.507. The summed E-state index contributed by atoms with van der Waals surface area (Å²) in [5.41, 5.74) is 7.66. The number of benzene rings is 4. The number of carbonyl (C=O) groups excluding carboxylic acids is 1. The van der Waals surface area contributed by atoms with Crippen LogP contribution in [-0.2, 0) is 4.74 Å². The number of nitrogens with one attached hydrogen (secondary N) is 2. The van der Waals surface area contributed by atoms with Gasteiger partial charge in [-0.15, -0.1) is 0 Å². The predicted octanol–water partition coefficient (Wildman–Crippen LogP) is 6.32. The van der Waals surface area contributed by atoms with Crippen molar-refractivity contribution in [3.05, 3.63) is 120 Å². The summed E-state index contributed by atoms with van der Waals surface area (Å²) in [5.74, 6) is 6.13. The molecule has 0 unspecified atom stereocenters. The number of anilines is 2. The van der Waals surface area contributed by atoms with E-state index in [0.29, 0.717) is 6.61 Å². The van der Waals surface area contributed by atoms with E-state index >= 15 is 0 Å². The van der Waals surface area contributed by atoms with E-state index in [-0.39, 0.29) is 12.5 Å². The first kappa shape index (κ1) is 21.4. The van der Waals surface area contributed by atoms with Crippen molar-refractivity contribution < 1.29 is 9.53 Å². The van der Waals surface area contributed by atoms with Gasteiger partial charge in [-0.25, -0.2) is 4.79 Å². The molecule has 2 N–H and O–H groups in total. The summed E-state index contributed by atoms with van der Waals surface area (Å²) >= 11 is 0. The molecule has 0 heterocycles. The number of rotatable bonds is 5. The maximum atomic E-state index is 12.3. The van der Waals surface area contributed by atoms with Gasteiger partial charge in [0.15, 0.2) is 0 Å². The molecule has 0 saturated carbocycles. The Morgan fingerprint density at radius 1 is 0.765 bits per heavy atom. The summed E-state index contributed by atoms with van der Waals surface area (Å²) in [5, 5.41) is 6.08. The number of carbonyl (C=O) groups is 1. The van der Waals surface area contributed by atoms with Crippen LogP contribution in [0.15, 0.2) is 103 Å². The molecule has 5 rings (SSSR count). The second kappa shape index (κ2) is 9.97. The quantitative estimate of drug-likeness (QED) is 0.354. The lowest BCUT2D eigenvalue weighted by Crippen LogP contribution is -2.26. The van der Waals surface area contributed by atoms with Crippen molar-refractivity contribution in [2.24, 2.45) is 0 Å². The molecule has 1 amide bonds. The zero-order chi connectivity index (χ0) is 23.2. The standard InChI is InChI=1S/C30H24N2O2/c33-30(34-21-29-27-17-6-4-15-25(27)26-16-5-7-18-28(26)29)31-19-9-11-22-10-8-14-24(20-22)32-23-12-2-1-3-13-23/h1-8,10,12-18,20,29,32H,19,21H2,(H,31,33). The second-order valence-corrected chi connectivity index (χ2v) is 8.05. The third kappa shape index (κ3) is 4.79. The number of alkyl carbamates (subject to hydrolysis) is 1. The Hall–Kier alpha value is -4.49. The first-order chi connectivity index (χ1) is 16.8. The van der Waals surface area contributed by atoms with E-state index in [9.17, 15) is 4.79 Å². The second-order valence-electron chi connectivity index (χ2n) is 8.05. The van der Waals surface area contributed by atoms with Crippen molar-refractivity contribution in [1.82, 2.24) is 5.32 Å². The largest absolute Gasteiger partial charge is 0.449 e. The fourth-order valence-corrected chi connectivity index (χ4v) is 4.27. The average Bonchev–Trinajstić information content (AvgIpc) is 3.20. The van der Waals surface area contributed by atoms with Gasteiger partial charge in [0.25, 0.3) is 0 Å². The molecule has 1 aliphatic carbocycles. The zero-order valence-corrected chi connectivity index (χ0v) is 18.6. The Balaban J connectivity index is 1.15. The highest BCUT2D eigenvalue weighted by molar-refractivity contribution is 5.79. The van der Waals surface area contributed by atoms with Crippen molar-refractivity contribution in [2.75, 3.05) is 18.5 Å². The van der Waals surface area contributed by atoms with E-state index in [4.69, 9.17) is 4.74 Å². The number of ether oxygens (including phenoxy) is 1. The lowest BCUT2D eigenvalue weighted by molar-refractivity contribution is 0.144. The van der Waals surface area contributed by atoms with Gasteiger partial charge in [0.1, 0.15) is 6.61 Å². The van der Waals surface area contributed by atoms with Crippen molar-refractivity contribution in [3.8, 4) is 23.0 Å². The highest BCUT2D eigenvalue weighted by Crippen LogP contribution is 2.44. The summed E-state index contributed by atoms with van der Waals surface area (Å²) in [4.78, 5) is 12.3. The van der Waals surface area contributed by atoms with Crippen LogP contribution >= 0.6 is 0 Å². The molecule has 0 radical (unpaired) electrons. The fraction of sp³-hybridized carbons (Fsp3) is 0.100. The van der Waals surface area contributed by atoms with Crippen LogP contribution in [0, 0.1) is 11.8 Å². The third-order valence-corrected chi connectivity index (χ3v) is 5.82. The van der Waals surface area contributed by atoms with Crippen LogP contribution in [0.5, 0.6) is 0 Å². The normalized spacial score (nSPS) is 11.5. The summed E-state index contributed by atoms with van der Waals surface area (Å²) in [7, 11) is 0. The molecule has 0 aromatic heterocycles. The molecular weight excluding hydrogens is 420 g/mol. The Morgan fingerprint density at radius 3 is 2.15 bits per heavy atom. The van der Waals surface area contributed by atoms with Crippen LogP contribution in [-0.4, -0.2) is 19.2 Å². The Morgan fingerprint density at radius 2 is 1.41 bits per heavy atom. The Bertz CT molecular complexity index is 1320. The van der Waals surface area contributed by atoms with Gasteiger partial charge in [0.2, 0.25) is 0 Å². The minimum Gasteiger partial charge on any atom is -0.449 e. The molecule has 0 bridgehead atoms. The van der Waals surface area contributed by atoms with Crippen LogP contribution in [0.4, 0.5) is 16.2 Å². The molecule has 0 aliphatic heterocycles. The van der Waals surface area contributed by atoms with Crippen molar-refractivity contribution in [3.63, 3.8) is 0 Å². The van der Waals surface area contributed by atoms with Gasteiger partial charge < -0.3 is 15.4 Å². The van der Waals surface area contributed by atoms with Gasteiger partial charge in [-0.3, -0.25) is 0 Å². The van der Waals surface area contributed by atoms with Crippen LogP contribution in [0.1, 0.15) is 22.6 Å². The summed E-state index contributed by atoms with van der Waals surface area (Å²) < 4.78 is 5.55. The smallest absolute Gasteiger partial charge is 0.407 e. The lowest BCUT2D eigenvalue weighted by atomic mass is 9.98. The minimum absolute atomic E-state index is 0.0455. The first-order valence-corrected chi connectivity index (χ1v) is 11.3. The van der Waals surface area contributed by atoms with E-state index in [1.807, 2.05) is 78.9 Å². The maximum Gasteiger partial charge on any atom is 0.407 e. The van der Waals surface area contributed by atoms with Crippen LogP contribution in [0.3, 0.4) is 0 Å². The topological polar surface area (TPSA) is 50.4 Å². The van der Waals surface area contributed by atoms with Gasteiger partial charge in [-0.2, -0.15) is 0 Å². The first-order valence-electron chi connectivity index (χ1n) is 11.3. The molecule has 0 saturated heterocycles. The third-order valence-electron chi connectivity index (χ3n) is 5.82. The number of para-hydroxylation sites is 1. The molecule has 34 heavy (non-hydrogen) atoms. The van der Waals surface area contributed by atoms with E-state index < -0.39 is 6.09 Å². The monoisotopic (exact) mass is 444 g/mol. The van der Waals surface area contributed by atoms with Crippen molar-refractivity contribution >= 4 is 17.5 Å². The Kier molecular flexibility index (Phi) is 6.27. The van der Waals surface area contributed by atoms with Crippen LogP contribution in [0.2, 0.25) is 0 Å². The van der Waals surface area contributed by atoms with Gasteiger partial charge >= 0.3 is 6.09 Å². The molecule has 4 aromatic rings. The molecule has 0 fully saturated rings. The Labute approximate surface area is 199 Å². The number of amides is 1. The molecule has 1 aliphatic rings. The SMILES string of the molecule is O=C(NCC#Cc1cccc(Nc2ccccc2)c1)OCC1c2ccccc2-c2ccccc21. The zero-order valence-electron chi connectivity index (χ0n) is 18.6. The minimum atomic E-state index is -0.462. The van der Waals surface area contributed by atoms with Crippen molar-refractivity contribution in [2.45, 2.75) is 5.92 Å². The van der Waals surface area contributed by atoms with E-state index in [1.54, 1.807) is 0 Å². The lowest BCUT2D eigenvalue weighted by Gasteiger charge is -2.14. The predicted molar refractivity (Wildman–Crippen MR) is 136 cm³/mol. The molecule has 4 nitrogen and oxygen atoms in total. The van der Waals surface area contributed by atoms with Crippen LogP contribution < -0.4 is 10.6 Å². The van der Waals surface area contributed by atoms with Gasteiger partial charge in [-0.05, 0) is 52.6 Å². The molecule has 0 atom stereocenters. The fourth-order valence-electron chi connectivity index (χ4n) is 4.27. The van der Waals surface area contributed by atoms with Gasteiger partial charge in [0, 0.05) is 22.9 Å². The number of hydrogen-bond donors (Lipinski definition) is 2. The molecule has 0 spiro atoms. The summed E-state index contributed by atoms with van der Waals surface area (Å²) in [6.07, 6.45) is -0.462. The number of hydrogen-bond acceptors (Lipinski definition) is 3. The number of fused-ring (bicyclic) bond motifs is 3. The van der Waals surface area contributed by atoms with E-state index in [2.05, 4.69) is 46.7 Å². The van der Waals surface area contributed by atoms with E-state index in [1.165, 1.54) is 22.3 Å². The molecular formula is C30H24N2O2. The maximum absolute atomic E-state index is 12.3. The highest BCUT2D eigenvalue weighted by atomic mass is 16.5. The molecule has 4 aromatic carbocycles. The van der Waals surface area contributed by atoms with E-state index in [0.717, 1.165) is 16.9 Å². The van der Waals surface area contributed by atoms with Crippen LogP contribution in [0.25, 0.3) is 11.1 Å². The van der Waals surface area contributed by atoms with Crippen molar-refractivity contribution in [1.29, 1.82) is 0 Å². The summed E-state index contributed by atoms with van der Waals surface area (Å²) in [6, 6.07) is 34.4.